The van der Waals surface area contributed by atoms with Crippen LogP contribution in [-0.4, -0.2) is 59.6 Å². The standard InChI is InChI=1S/C35H51F2N3O3/c1-7-11-38-34(42)26-13-24(6)14-27(19-26)35(43)40(12-8-2)32(18-25-16-28(36)20-29(37)17-25)33(41)21-39-31-15-23(5)9-10-30(31)22(3)4/h13-14,16-17,19-20,22-23,30-33,39,41H,7-12,15,18,21H2,1-6H3,(H,38,42)/t23-,30+,31-,32+,33-/m1/s1. The normalized spacial score (nSPS) is 20.1. The van der Waals surface area contributed by atoms with Crippen LogP contribution in [0.25, 0.3) is 0 Å². The molecule has 0 saturated heterocycles. The second-order valence-corrected chi connectivity index (χ2v) is 12.8. The molecule has 238 valence electrons. The van der Waals surface area contributed by atoms with Crippen molar-refractivity contribution in [1.82, 2.24) is 15.5 Å². The van der Waals surface area contributed by atoms with Gasteiger partial charge in [-0.1, -0.05) is 41.0 Å². The smallest absolute Gasteiger partial charge is 0.254 e. The quantitative estimate of drug-likeness (QED) is 0.239. The van der Waals surface area contributed by atoms with Gasteiger partial charge in [-0.25, -0.2) is 8.78 Å². The fraction of sp³-hybridized carbons (Fsp3) is 0.600. The minimum atomic E-state index is -0.996. The van der Waals surface area contributed by atoms with E-state index in [1.54, 1.807) is 23.1 Å². The highest BCUT2D eigenvalue weighted by atomic mass is 19.1. The first-order valence-electron chi connectivity index (χ1n) is 16.0. The second-order valence-electron chi connectivity index (χ2n) is 12.8. The molecule has 3 N–H and O–H groups in total. The zero-order chi connectivity index (χ0) is 31.7. The van der Waals surface area contributed by atoms with E-state index in [4.69, 9.17) is 0 Å². The fourth-order valence-corrected chi connectivity index (χ4v) is 6.47. The van der Waals surface area contributed by atoms with Gasteiger partial charge in [-0.05, 0) is 98.2 Å². The highest BCUT2D eigenvalue weighted by Gasteiger charge is 2.34. The molecule has 0 aromatic heterocycles. The van der Waals surface area contributed by atoms with Crippen LogP contribution >= 0.6 is 0 Å². The predicted molar refractivity (Wildman–Crippen MR) is 168 cm³/mol. The average Bonchev–Trinajstić information content (AvgIpc) is 2.95. The van der Waals surface area contributed by atoms with E-state index >= 15 is 0 Å². The number of nitrogens with zero attached hydrogens (tertiary/aromatic N) is 1. The lowest BCUT2D eigenvalue weighted by Crippen LogP contribution is -2.54. The van der Waals surface area contributed by atoms with Crippen LogP contribution in [0.1, 0.15) is 98.6 Å². The molecule has 0 radical (unpaired) electrons. The van der Waals surface area contributed by atoms with Gasteiger partial charge in [-0.15, -0.1) is 0 Å². The highest BCUT2D eigenvalue weighted by Crippen LogP contribution is 2.33. The van der Waals surface area contributed by atoms with Crippen molar-refractivity contribution in [3.63, 3.8) is 0 Å². The van der Waals surface area contributed by atoms with Crippen LogP contribution in [0.5, 0.6) is 0 Å². The molecule has 0 heterocycles. The molecule has 5 atom stereocenters. The summed E-state index contributed by atoms with van der Waals surface area (Å²) in [4.78, 5) is 28.5. The van der Waals surface area contributed by atoms with Crippen LogP contribution in [0.2, 0.25) is 0 Å². The molecule has 1 aliphatic rings. The number of amides is 2. The van der Waals surface area contributed by atoms with Crippen LogP contribution in [0.4, 0.5) is 8.78 Å². The molecule has 1 fully saturated rings. The van der Waals surface area contributed by atoms with Gasteiger partial charge in [0.1, 0.15) is 11.6 Å². The van der Waals surface area contributed by atoms with E-state index in [9.17, 15) is 23.5 Å². The Labute approximate surface area is 256 Å². The molecule has 0 spiro atoms. The number of nitrogens with one attached hydrogen (secondary N) is 2. The summed E-state index contributed by atoms with van der Waals surface area (Å²) < 4.78 is 28.4. The van der Waals surface area contributed by atoms with E-state index in [1.807, 2.05) is 20.8 Å². The van der Waals surface area contributed by atoms with Gasteiger partial charge >= 0.3 is 0 Å². The van der Waals surface area contributed by atoms with E-state index in [-0.39, 0.29) is 30.8 Å². The van der Waals surface area contributed by atoms with Gasteiger partial charge in [-0.3, -0.25) is 9.59 Å². The molecule has 1 saturated carbocycles. The Morgan fingerprint density at radius 3 is 2.30 bits per heavy atom. The highest BCUT2D eigenvalue weighted by molar-refractivity contribution is 6.00. The van der Waals surface area contributed by atoms with E-state index in [2.05, 4.69) is 31.4 Å². The molecule has 1 aliphatic carbocycles. The zero-order valence-corrected chi connectivity index (χ0v) is 26.8. The molecular weight excluding hydrogens is 548 g/mol. The Morgan fingerprint density at radius 1 is 1.00 bits per heavy atom. The first kappa shape index (κ1) is 34.6. The zero-order valence-electron chi connectivity index (χ0n) is 26.8. The first-order chi connectivity index (χ1) is 20.4. The van der Waals surface area contributed by atoms with Gasteiger partial charge in [0, 0.05) is 42.9 Å². The van der Waals surface area contributed by atoms with E-state index < -0.39 is 23.8 Å². The second kappa shape index (κ2) is 16.3. The van der Waals surface area contributed by atoms with Crippen LogP contribution in [-0.2, 0) is 6.42 Å². The van der Waals surface area contributed by atoms with Crippen molar-refractivity contribution in [2.45, 2.75) is 98.3 Å². The molecule has 0 bridgehead atoms. The number of aliphatic hydroxyl groups excluding tert-OH is 1. The summed E-state index contributed by atoms with van der Waals surface area (Å²) in [6.45, 7) is 13.6. The number of halogens is 2. The summed E-state index contributed by atoms with van der Waals surface area (Å²) in [7, 11) is 0. The third-order valence-corrected chi connectivity index (χ3v) is 8.67. The van der Waals surface area contributed by atoms with Crippen molar-refractivity contribution in [3.05, 3.63) is 70.3 Å². The fourth-order valence-electron chi connectivity index (χ4n) is 6.47. The molecular formula is C35H51F2N3O3. The number of hydrogen-bond donors (Lipinski definition) is 3. The van der Waals surface area contributed by atoms with Crippen LogP contribution in [0, 0.1) is 36.3 Å². The van der Waals surface area contributed by atoms with Crippen LogP contribution in [0.15, 0.2) is 36.4 Å². The maximum absolute atomic E-state index is 14.2. The SMILES string of the molecule is CCCNC(=O)c1cc(C)cc(C(=O)N(CCC)[C@@H](Cc2cc(F)cc(F)c2)[C@H](O)CN[C@@H]2C[C@H](C)CC[C@H]2C(C)C)c1. The van der Waals surface area contributed by atoms with Crippen LogP contribution < -0.4 is 10.6 Å². The number of aryl methyl sites for hydroxylation is 1. The lowest BCUT2D eigenvalue weighted by molar-refractivity contribution is 0.0318. The van der Waals surface area contributed by atoms with Crippen molar-refractivity contribution in [2.24, 2.45) is 17.8 Å². The molecule has 2 aromatic rings. The Bertz CT molecular complexity index is 1200. The molecule has 8 heteroatoms. The van der Waals surface area contributed by atoms with Crippen molar-refractivity contribution >= 4 is 11.8 Å². The van der Waals surface area contributed by atoms with Crippen LogP contribution in [0.3, 0.4) is 0 Å². The summed E-state index contributed by atoms with van der Waals surface area (Å²) in [5, 5.41) is 18.2. The predicted octanol–water partition coefficient (Wildman–Crippen LogP) is 6.29. The van der Waals surface area contributed by atoms with Gasteiger partial charge in [-0.2, -0.15) is 0 Å². The van der Waals surface area contributed by atoms with Gasteiger partial charge in [0.05, 0.1) is 12.1 Å². The third-order valence-electron chi connectivity index (χ3n) is 8.67. The maximum atomic E-state index is 14.2. The summed E-state index contributed by atoms with van der Waals surface area (Å²) in [5.74, 6) is -0.423. The minimum Gasteiger partial charge on any atom is -0.390 e. The molecule has 6 nitrogen and oxygen atoms in total. The van der Waals surface area contributed by atoms with Crippen molar-refractivity contribution in [2.75, 3.05) is 19.6 Å². The summed E-state index contributed by atoms with van der Waals surface area (Å²) in [6.07, 6.45) is 3.81. The largest absolute Gasteiger partial charge is 0.390 e. The molecule has 2 aromatic carbocycles. The summed E-state index contributed by atoms with van der Waals surface area (Å²) >= 11 is 0. The van der Waals surface area contributed by atoms with Crippen molar-refractivity contribution in [3.8, 4) is 0 Å². The van der Waals surface area contributed by atoms with Crippen molar-refractivity contribution < 1.29 is 23.5 Å². The molecule has 0 aliphatic heterocycles. The number of hydrogen-bond acceptors (Lipinski definition) is 4. The average molecular weight is 600 g/mol. The van der Waals surface area contributed by atoms with E-state index in [0.717, 1.165) is 30.9 Å². The Balaban J connectivity index is 1.95. The lowest BCUT2D eigenvalue weighted by Gasteiger charge is -2.40. The Morgan fingerprint density at radius 2 is 1.67 bits per heavy atom. The molecule has 3 rings (SSSR count). The molecule has 0 unspecified atom stereocenters. The van der Waals surface area contributed by atoms with Gasteiger partial charge in [0.25, 0.3) is 11.8 Å². The summed E-state index contributed by atoms with van der Waals surface area (Å²) in [6, 6.07) is 7.88. The maximum Gasteiger partial charge on any atom is 0.254 e. The third kappa shape index (κ3) is 9.83. The van der Waals surface area contributed by atoms with Gasteiger partial charge in [0.15, 0.2) is 0 Å². The Hall–Kier alpha value is -2.84. The molecule has 43 heavy (non-hydrogen) atoms. The number of carbonyl (C=O) groups excluding carboxylic acids is 2. The van der Waals surface area contributed by atoms with Gasteiger partial charge in [0.2, 0.25) is 0 Å². The lowest BCUT2D eigenvalue weighted by atomic mass is 9.74. The van der Waals surface area contributed by atoms with E-state index in [1.165, 1.54) is 18.6 Å². The van der Waals surface area contributed by atoms with Crippen molar-refractivity contribution in [1.29, 1.82) is 0 Å². The number of carbonyl (C=O) groups is 2. The monoisotopic (exact) mass is 599 g/mol. The molecule has 2 amide bonds. The number of benzene rings is 2. The van der Waals surface area contributed by atoms with E-state index in [0.29, 0.717) is 54.0 Å². The number of aliphatic hydroxyl groups is 1. The number of rotatable bonds is 14. The minimum absolute atomic E-state index is 0.0770. The summed E-state index contributed by atoms with van der Waals surface area (Å²) in [5.41, 5.74) is 1.86. The van der Waals surface area contributed by atoms with Gasteiger partial charge < -0.3 is 20.6 Å². The Kier molecular flexibility index (Phi) is 13.1. The first-order valence-corrected chi connectivity index (χ1v) is 16.0. The topological polar surface area (TPSA) is 81.7 Å².